The van der Waals surface area contributed by atoms with Gasteiger partial charge in [-0.2, -0.15) is 52.2 Å². The summed E-state index contributed by atoms with van der Waals surface area (Å²) in [6.07, 6.45) is -0.344. The van der Waals surface area contributed by atoms with E-state index in [0.29, 0.717) is 0 Å². The normalized spacial score (nSPS) is 11.7. The third-order valence-corrected chi connectivity index (χ3v) is 9.65. The molecule has 0 amide bonds. The van der Waals surface area contributed by atoms with Gasteiger partial charge in [-0.25, -0.2) is 19.2 Å². The number of azo groups is 2. The minimum Gasteiger partial charge on any atom is -0.491 e. The smallest absolute Gasteiger partial charge is 0.335 e. The van der Waals surface area contributed by atoms with Crippen molar-refractivity contribution in [2.24, 2.45) is 20.5 Å². The number of aromatic hydroxyl groups is 1. The molecule has 28 heteroatoms. The molecule has 0 saturated carbocycles. The van der Waals surface area contributed by atoms with E-state index < -0.39 is 61.6 Å². The van der Waals surface area contributed by atoms with Gasteiger partial charge in [-0.3, -0.25) is 9.11 Å². The van der Waals surface area contributed by atoms with Crippen LogP contribution < -0.4 is 20.1 Å². The molecule has 26 nitrogen and oxygen atoms in total. The van der Waals surface area contributed by atoms with E-state index in [-0.39, 0.29) is 106 Å². The maximum absolute atomic E-state index is 11.5. The van der Waals surface area contributed by atoms with Crippen LogP contribution in [0.5, 0.6) is 17.5 Å². The van der Waals surface area contributed by atoms with Crippen LogP contribution >= 0.6 is 0 Å². The van der Waals surface area contributed by atoms with Crippen LogP contribution in [0.15, 0.2) is 93.3 Å². The molecule has 1 aromatic heterocycles. The van der Waals surface area contributed by atoms with Crippen LogP contribution in [0.3, 0.4) is 0 Å². The van der Waals surface area contributed by atoms with Crippen molar-refractivity contribution in [3.8, 4) is 17.5 Å². The quantitative estimate of drug-likeness (QED) is 0.0218. The Bertz CT molecular complexity index is 2690. The first kappa shape index (κ1) is 47.8. The zero-order valence-corrected chi connectivity index (χ0v) is 34.5. The highest BCUT2D eigenvalue weighted by molar-refractivity contribution is 7.86. The number of nitrogens with zero attached hydrogens (tertiary/aromatic N) is 7. The summed E-state index contributed by atoms with van der Waals surface area (Å²) in [5, 5.41) is 69.5. The fourth-order valence-corrected chi connectivity index (χ4v) is 6.18. The summed E-state index contributed by atoms with van der Waals surface area (Å²) in [7, 11) is -8.69. The second-order valence-corrected chi connectivity index (χ2v) is 16.2. The van der Waals surface area contributed by atoms with Crippen molar-refractivity contribution in [1.29, 1.82) is 0 Å². The minimum absolute atomic E-state index is 0.0316. The molecule has 4 aromatic carbocycles. The summed E-state index contributed by atoms with van der Waals surface area (Å²) in [4.78, 5) is 58.1. The fourth-order valence-electron chi connectivity index (χ4n) is 5.22. The summed E-state index contributed by atoms with van der Waals surface area (Å²) >= 11 is 0. The van der Waals surface area contributed by atoms with Crippen LogP contribution in [0, 0.1) is 0 Å². The first-order chi connectivity index (χ1) is 30.6. The molecule has 0 aliphatic rings. The Balaban J connectivity index is 1.44. The Morgan fingerprint density at radius 2 is 0.846 bits per heavy atom. The van der Waals surface area contributed by atoms with E-state index in [1.54, 1.807) is 0 Å². The molecule has 0 radical (unpaired) electrons. The van der Waals surface area contributed by atoms with Crippen LogP contribution in [0.2, 0.25) is 0 Å². The van der Waals surface area contributed by atoms with Gasteiger partial charge in [-0.1, -0.05) is 0 Å². The Morgan fingerprint density at radius 3 is 1.17 bits per heavy atom. The van der Waals surface area contributed by atoms with Crippen molar-refractivity contribution in [2.75, 3.05) is 35.4 Å². The highest BCUT2D eigenvalue weighted by atomic mass is 32.2. The molecule has 0 atom stereocenters. The maximum atomic E-state index is 11.5. The monoisotopic (exact) mass is 939 g/mol. The molecule has 0 unspecified atom stereocenters. The van der Waals surface area contributed by atoms with Crippen LogP contribution in [0.4, 0.5) is 46.0 Å². The van der Waals surface area contributed by atoms with Gasteiger partial charge in [-0.15, -0.1) is 0 Å². The predicted octanol–water partition coefficient (Wildman–Crippen LogP) is 6.00. The molecule has 0 bridgehead atoms. The largest absolute Gasteiger partial charge is 0.491 e. The van der Waals surface area contributed by atoms with Gasteiger partial charge in [0, 0.05) is 12.1 Å². The first-order valence-corrected chi connectivity index (χ1v) is 21.3. The number of carbonyl (C=O) groups is 4. The number of hydrogen-bond acceptors (Lipinski definition) is 20. The molecule has 0 aliphatic heterocycles. The average Bonchev–Trinajstić information content (AvgIpc) is 3.22. The highest BCUT2D eigenvalue weighted by Gasteiger charge is 2.17. The van der Waals surface area contributed by atoms with Gasteiger partial charge < -0.3 is 45.6 Å². The first-order valence-electron chi connectivity index (χ1n) is 18.1. The molecule has 5 aromatic rings. The zero-order valence-electron chi connectivity index (χ0n) is 32.8. The maximum Gasteiger partial charge on any atom is 0.335 e. The predicted molar refractivity (Wildman–Crippen MR) is 223 cm³/mol. The van der Waals surface area contributed by atoms with E-state index in [2.05, 4.69) is 46.0 Å². The van der Waals surface area contributed by atoms with Crippen LogP contribution in [-0.2, 0) is 20.2 Å². The van der Waals surface area contributed by atoms with Gasteiger partial charge in [0.1, 0.15) is 11.5 Å². The lowest BCUT2D eigenvalue weighted by Crippen LogP contribution is -2.10. The van der Waals surface area contributed by atoms with Crippen molar-refractivity contribution in [2.45, 2.75) is 12.8 Å². The standard InChI is InChI=1S/C37H33N9O17S2/c47-31(48)19-11-20(32(49)50)14-25(13-19)45-43-23-3-5-27(29(17-23)62-7-1-9-64(56,57)58)38-35-40-36(42-37(55)41-35)39-28-6-4-24(18-30(28)63-8-2-10-65(59,60)61)44-46-26-15-21(33(51)52)12-22(16-26)34(53)54/h3-6,11-18H,1-2,7-10H2,(H,47,48)(H,49,50)(H,51,52)(H,53,54)(H,56,57,58)(H,59,60,61)(H3,38,39,40,41,42,55). The van der Waals surface area contributed by atoms with Gasteiger partial charge in [-0.05, 0) is 73.5 Å². The molecule has 0 spiro atoms. The second-order valence-electron chi connectivity index (χ2n) is 13.0. The molecule has 5 rings (SSSR count). The fraction of sp³-hybridized carbons (Fsp3) is 0.162. The molecule has 65 heavy (non-hydrogen) atoms. The topological polar surface area (TPSA) is 409 Å². The van der Waals surface area contributed by atoms with Crippen molar-refractivity contribution in [1.82, 2.24) is 15.0 Å². The van der Waals surface area contributed by atoms with Crippen molar-refractivity contribution in [3.05, 3.63) is 95.1 Å². The summed E-state index contributed by atoms with van der Waals surface area (Å²) in [6, 6.07) is 13.5. The Kier molecular flexibility index (Phi) is 15.3. The van der Waals surface area contributed by atoms with E-state index in [9.17, 15) is 61.5 Å². The molecule has 0 aliphatic carbocycles. The number of ether oxygens (including phenoxy) is 2. The van der Waals surface area contributed by atoms with E-state index >= 15 is 0 Å². The van der Waals surface area contributed by atoms with Gasteiger partial charge in [0.25, 0.3) is 20.2 Å². The van der Waals surface area contributed by atoms with E-state index in [4.69, 9.17) is 18.6 Å². The Morgan fingerprint density at radius 1 is 0.508 bits per heavy atom. The number of nitrogens with one attached hydrogen (secondary N) is 2. The number of carboxylic acid groups (broad SMARTS) is 4. The van der Waals surface area contributed by atoms with Crippen LogP contribution in [-0.4, -0.2) is 115 Å². The highest BCUT2D eigenvalue weighted by Crippen LogP contribution is 2.35. The molecular weight excluding hydrogens is 907 g/mol. The Labute approximate surface area is 365 Å². The van der Waals surface area contributed by atoms with Crippen LogP contribution in [0.25, 0.3) is 0 Å². The third kappa shape index (κ3) is 15.0. The van der Waals surface area contributed by atoms with E-state index in [1.165, 1.54) is 36.4 Å². The SMILES string of the molecule is O=C(O)c1cc(N=Nc2ccc(Nc3nc(O)nc(Nc4ccc(N=Nc5cc(C(=O)O)cc(C(=O)O)c5)cc4OCCCS(=O)(=O)O)n3)c(OCCCS(=O)(=O)O)c2)cc(C(=O)O)c1. The average molecular weight is 940 g/mol. The third-order valence-electron chi connectivity index (χ3n) is 8.04. The minimum atomic E-state index is -4.34. The lowest BCUT2D eigenvalue weighted by atomic mass is 10.1. The van der Waals surface area contributed by atoms with Gasteiger partial charge in [0.05, 0.1) is 81.1 Å². The molecule has 1 heterocycles. The van der Waals surface area contributed by atoms with Gasteiger partial charge >= 0.3 is 29.9 Å². The number of benzene rings is 4. The van der Waals surface area contributed by atoms with Crippen molar-refractivity contribution in [3.63, 3.8) is 0 Å². The zero-order chi connectivity index (χ0) is 47.5. The molecular formula is C37H33N9O17S2. The number of anilines is 4. The summed E-state index contributed by atoms with van der Waals surface area (Å²) < 4.78 is 74.9. The number of hydrogen-bond donors (Lipinski definition) is 9. The van der Waals surface area contributed by atoms with Crippen LogP contribution in [0.1, 0.15) is 54.3 Å². The summed E-state index contributed by atoms with van der Waals surface area (Å²) in [5.74, 6) is -7.63. The second kappa shape index (κ2) is 20.8. The summed E-state index contributed by atoms with van der Waals surface area (Å²) in [5.41, 5.74) is -1.37. The van der Waals surface area contributed by atoms with Gasteiger partial charge in [0.2, 0.25) is 11.9 Å². The number of aromatic carboxylic acids is 4. The van der Waals surface area contributed by atoms with Crippen molar-refractivity contribution >= 4 is 90.1 Å². The molecule has 0 fully saturated rings. The summed E-state index contributed by atoms with van der Waals surface area (Å²) in [6.45, 7) is -0.540. The van der Waals surface area contributed by atoms with E-state index in [0.717, 1.165) is 36.4 Å². The number of aromatic nitrogens is 3. The number of carboxylic acids is 4. The molecule has 0 saturated heterocycles. The lowest BCUT2D eigenvalue weighted by Gasteiger charge is -2.15. The lowest BCUT2D eigenvalue weighted by molar-refractivity contribution is 0.0676. The van der Waals surface area contributed by atoms with Gasteiger partial charge in [0.15, 0.2) is 0 Å². The van der Waals surface area contributed by atoms with Crippen molar-refractivity contribution < 1.29 is 80.1 Å². The Hall–Kier alpha value is -8.21. The molecule has 9 N–H and O–H groups in total. The number of rotatable bonds is 22. The molecule has 340 valence electrons. The van der Waals surface area contributed by atoms with E-state index in [1.807, 2.05) is 0 Å².